The molecule has 26 heavy (non-hydrogen) atoms. The standard InChI is InChI=1S/C16H20.C10H8/c1-11(2)14-10-9-13-7-5-6-8-15(13)16(14)12(3)4;1-2-6-10-8-4-3-7-9(10)5-1/h5-12H,1-4H3;1-8H. The number of rotatable bonds is 2. The van der Waals surface area contributed by atoms with Crippen molar-refractivity contribution in [2.75, 3.05) is 0 Å². The van der Waals surface area contributed by atoms with Crippen LogP contribution in [-0.2, 0) is 0 Å². The fourth-order valence-corrected chi connectivity index (χ4v) is 3.59. The molecule has 0 nitrogen and oxygen atoms in total. The summed E-state index contributed by atoms with van der Waals surface area (Å²) in [7, 11) is 0. The van der Waals surface area contributed by atoms with Crippen molar-refractivity contribution in [3.05, 3.63) is 96.1 Å². The fraction of sp³-hybridized carbons (Fsp3) is 0.231. The van der Waals surface area contributed by atoms with Crippen LogP contribution < -0.4 is 0 Å². The Morgan fingerprint density at radius 3 is 1.38 bits per heavy atom. The molecular formula is C26H28. The Kier molecular flexibility index (Phi) is 5.73. The molecular weight excluding hydrogens is 312 g/mol. The molecule has 0 heterocycles. The van der Waals surface area contributed by atoms with Crippen LogP contribution in [-0.4, -0.2) is 0 Å². The quantitative estimate of drug-likeness (QED) is 0.347. The van der Waals surface area contributed by atoms with Gasteiger partial charge in [0.2, 0.25) is 0 Å². The van der Waals surface area contributed by atoms with Crippen LogP contribution in [0.5, 0.6) is 0 Å². The van der Waals surface area contributed by atoms with Crippen molar-refractivity contribution >= 4 is 21.5 Å². The molecule has 0 N–H and O–H groups in total. The van der Waals surface area contributed by atoms with Gasteiger partial charge in [-0.2, -0.15) is 0 Å². The first-order chi connectivity index (χ1) is 12.6. The van der Waals surface area contributed by atoms with Crippen LogP contribution in [0.25, 0.3) is 21.5 Å². The highest BCUT2D eigenvalue weighted by Crippen LogP contribution is 2.32. The molecule has 0 heteroatoms. The molecule has 0 aliphatic carbocycles. The maximum atomic E-state index is 2.29. The lowest BCUT2D eigenvalue weighted by molar-refractivity contribution is 0.798. The Labute approximate surface area is 157 Å². The molecule has 0 amide bonds. The summed E-state index contributed by atoms with van der Waals surface area (Å²) < 4.78 is 0. The van der Waals surface area contributed by atoms with Gasteiger partial charge < -0.3 is 0 Å². The first-order valence-electron chi connectivity index (χ1n) is 9.53. The van der Waals surface area contributed by atoms with E-state index in [2.05, 4.69) is 113 Å². The van der Waals surface area contributed by atoms with Crippen molar-refractivity contribution in [1.29, 1.82) is 0 Å². The van der Waals surface area contributed by atoms with Crippen LogP contribution >= 0.6 is 0 Å². The minimum absolute atomic E-state index is 0.587. The van der Waals surface area contributed by atoms with Gasteiger partial charge in [-0.3, -0.25) is 0 Å². The van der Waals surface area contributed by atoms with Gasteiger partial charge in [0.15, 0.2) is 0 Å². The summed E-state index contributed by atoms with van der Waals surface area (Å²) in [6.45, 7) is 9.12. The van der Waals surface area contributed by atoms with Crippen molar-refractivity contribution in [3.63, 3.8) is 0 Å². The summed E-state index contributed by atoms with van der Waals surface area (Å²) in [5.74, 6) is 1.19. The predicted molar refractivity (Wildman–Crippen MR) is 116 cm³/mol. The summed E-state index contributed by atoms with van der Waals surface area (Å²) in [5.41, 5.74) is 3.02. The molecule has 0 aliphatic rings. The zero-order chi connectivity index (χ0) is 18.5. The van der Waals surface area contributed by atoms with E-state index >= 15 is 0 Å². The Morgan fingerprint density at radius 2 is 0.923 bits per heavy atom. The first-order valence-corrected chi connectivity index (χ1v) is 9.53. The van der Waals surface area contributed by atoms with Gasteiger partial charge in [0.1, 0.15) is 0 Å². The third kappa shape index (κ3) is 3.96. The van der Waals surface area contributed by atoms with E-state index in [9.17, 15) is 0 Å². The second-order valence-electron chi connectivity index (χ2n) is 7.45. The summed E-state index contributed by atoms with van der Waals surface area (Å²) in [6, 6.07) is 29.9. The molecule has 132 valence electrons. The van der Waals surface area contributed by atoms with Crippen LogP contribution in [0.2, 0.25) is 0 Å². The lowest BCUT2D eigenvalue weighted by Gasteiger charge is -2.18. The van der Waals surface area contributed by atoms with Crippen molar-refractivity contribution in [3.8, 4) is 0 Å². The smallest absolute Gasteiger partial charge is 0.0146 e. The van der Waals surface area contributed by atoms with Gasteiger partial charge in [0.25, 0.3) is 0 Å². The SMILES string of the molecule is CC(C)c1ccc2ccccc2c1C(C)C.c1ccc2ccccc2c1. The summed E-state index contributed by atoms with van der Waals surface area (Å²) >= 11 is 0. The third-order valence-electron chi connectivity index (χ3n) is 4.86. The van der Waals surface area contributed by atoms with Gasteiger partial charge in [-0.05, 0) is 44.5 Å². The van der Waals surface area contributed by atoms with Crippen LogP contribution in [0.3, 0.4) is 0 Å². The van der Waals surface area contributed by atoms with Crippen molar-refractivity contribution in [2.24, 2.45) is 0 Å². The normalized spacial score (nSPS) is 11.0. The van der Waals surface area contributed by atoms with E-state index in [4.69, 9.17) is 0 Å². The van der Waals surface area contributed by atoms with E-state index in [1.165, 1.54) is 32.7 Å². The van der Waals surface area contributed by atoms with Gasteiger partial charge in [-0.1, -0.05) is 113 Å². The highest BCUT2D eigenvalue weighted by atomic mass is 14.2. The third-order valence-corrected chi connectivity index (χ3v) is 4.86. The Balaban J connectivity index is 0.000000167. The highest BCUT2D eigenvalue weighted by molar-refractivity contribution is 5.87. The van der Waals surface area contributed by atoms with E-state index < -0.39 is 0 Å². The predicted octanol–water partition coefficient (Wildman–Crippen LogP) is 7.93. The van der Waals surface area contributed by atoms with Crippen molar-refractivity contribution in [1.82, 2.24) is 0 Å². The minimum Gasteiger partial charge on any atom is -0.0616 e. The van der Waals surface area contributed by atoms with Gasteiger partial charge in [0, 0.05) is 0 Å². The van der Waals surface area contributed by atoms with Crippen LogP contribution in [0.4, 0.5) is 0 Å². The number of benzene rings is 4. The van der Waals surface area contributed by atoms with E-state index in [0.717, 1.165) is 0 Å². The van der Waals surface area contributed by atoms with Gasteiger partial charge in [-0.25, -0.2) is 0 Å². The zero-order valence-corrected chi connectivity index (χ0v) is 16.2. The van der Waals surface area contributed by atoms with Gasteiger partial charge in [-0.15, -0.1) is 0 Å². The molecule has 4 rings (SSSR count). The number of hydrogen-bond acceptors (Lipinski definition) is 0. The summed E-state index contributed by atoms with van der Waals surface area (Å²) in [6.07, 6.45) is 0. The van der Waals surface area contributed by atoms with Crippen LogP contribution in [0, 0.1) is 0 Å². The zero-order valence-electron chi connectivity index (χ0n) is 16.2. The fourth-order valence-electron chi connectivity index (χ4n) is 3.59. The van der Waals surface area contributed by atoms with E-state index in [-0.39, 0.29) is 0 Å². The Morgan fingerprint density at radius 1 is 0.462 bits per heavy atom. The molecule has 0 saturated heterocycles. The first kappa shape index (κ1) is 18.2. The van der Waals surface area contributed by atoms with E-state index in [1.54, 1.807) is 0 Å². The van der Waals surface area contributed by atoms with Crippen LogP contribution in [0.1, 0.15) is 50.7 Å². The average molecular weight is 341 g/mol. The van der Waals surface area contributed by atoms with E-state index in [1.807, 2.05) is 0 Å². The largest absolute Gasteiger partial charge is 0.0616 e. The van der Waals surface area contributed by atoms with Crippen molar-refractivity contribution < 1.29 is 0 Å². The molecule has 0 unspecified atom stereocenters. The lowest BCUT2D eigenvalue weighted by atomic mass is 9.86. The second kappa shape index (κ2) is 8.19. The molecule has 0 atom stereocenters. The van der Waals surface area contributed by atoms with Crippen LogP contribution in [0.15, 0.2) is 84.9 Å². The minimum atomic E-state index is 0.587. The molecule has 0 fully saturated rings. The molecule has 0 aliphatic heterocycles. The molecule has 0 aromatic heterocycles. The maximum absolute atomic E-state index is 2.29. The summed E-state index contributed by atoms with van der Waals surface area (Å²) in [4.78, 5) is 0. The molecule has 4 aromatic carbocycles. The lowest BCUT2D eigenvalue weighted by Crippen LogP contribution is -1.99. The average Bonchev–Trinajstić information content (AvgIpc) is 2.67. The van der Waals surface area contributed by atoms with Gasteiger partial charge in [0.05, 0.1) is 0 Å². The monoisotopic (exact) mass is 340 g/mol. The Bertz CT molecular complexity index is 927. The topological polar surface area (TPSA) is 0 Å². The van der Waals surface area contributed by atoms with Gasteiger partial charge >= 0.3 is 0 Å². The second-order valence-corrected chi connectivity index (χ2v) is 7.45. The van der Waals surface area contributed by atoms with E-state index in [0.29, 0.717) is 11.8 Å². The number of fused-ring (bicyclic) bond motifs is 2. The number of hydrogen-bond donors (Lipinski definition) is 0. The molecule has 0 spiro atoms. The molecule has 0 saturated carbocycles. The van der Waals surface area contributed by atoms with Crippen molar-refractivity contribution in [2.45, 2.75) is 39.5 Å². The molecule has 0 radical (unpaired) electrons. The molecule has 4 aromatic rings. The molecule has 0 bridgehead atoms. The summed E-state index contributed by atoms with van der Waals surface area (Å²) in [5, 5.41) is 5.40. The Hall–Kier alpha value is -2.60. The maximum Gasteiger partial charge on any atom is -0.0146 e. The highest BCUT2D eigenvalue weighted by Gasteiger charge is 2.12.